The minimum Gasteiger partial charge on any atom is -0.495 e. The third-order valence-corrected chi connectivity index (χ3v) is 6.98. The first kappa shape index (κ1) is 22.7. The molecule has 2 aliphatic rings. The second kappa shape index (κ2) is 9.68. The van der Waals surface area contributed by atoms with Crippen LogP contribution in [0.25, 0.3) is 11.3 Å². The van der Waals surface area contributed by atoms with Gasteiger partial charge < -0.3 is 29.9 Å². The van der Waals surface area contributed by atoms with E-state index in [1.165, 1.54) is 17.4 Å². The Labute approximate surface area is 203 Å². The van der Waals surface area contributed by atoms with Crippen molar-refractivity contribution >= 4 is 33.5 Å². The van der Waals surface area contributed by atoms with Crippen LogP contribution in [0.5, 0.6) is 11.5 Å². The summed E-state index contributed by atoms with van der Waals surface area (Å²) in [5.74, 6) is 0.803. The van der Waals surface area contributed by atoms with Crippen molar-refractivity contribution in [2.24, 2.45) is 0 Å². The van der Waals surface area contributed by atoms with Crippen LogP contribution in [0.1, 0.15) is 13.8 Å². The number of hydrogen-bond acceptors (Lipinski definition) is 8. The van der Waals surface area contributed by atoms with E-state index in [2.05, 4.69) is 40.3 Å². The molecule has 5 rings (SSSR count). The van der Waals surface area contributed by atoms with Gasteiger partial charge in [0.15, 0.2) is 16.7 Å². The molecule has 1 aromatic heterocycles. The third-order valence-electron chi connectivity index (χ3n) is 6.22. The predicted octanol–water partition coefficient (Wildman–Crippen LogP) is 4.72. The van der Waals surface area contributed by atoms with E-state index in [0.29, 0.717) is 12.4 Å². The van der Waals surface area contributed by atoms with E-state index in [9.17, 15) is 4.39 Å². The lowest BCUT2D eigenvalue weighted by Crippen LogP contribution is -2.43. The second-order valence-electron chi connectivity index (χ2n) is 8.73. The summed E-state index contributed by atoms with van der Waals surface area (Å²) in [7, 11) is 1.70. The molecular weight excluding hydrogens is 453 g/mol. The van der Waals surface area contributed by atoms with Crippen LogP contribution in [0.15, 0.2) is 35.7 Å². The number of fused-ring (bicyclic) bond motifs is 1. The normalized spacial score (nSPS) is 15.8. The first-order valence-corrected chi connectivity index (χ1v) is 12.5. The zero-order valence-electron chi connectivity index (χ0n) is 19.7. The first-order valence-electron chi connectivity index (χ1n) is 11.6. The third kappa shape index (κ3) is 4.50. The Balaban J connectivity index is 1.38. The highest BCUT2D eigenvalue weighted by molar-refractivity contribution is 7.14. The average Bonchev–Trinajstić information content (AvgIpc) is 3.32. The van der Waals surface area contributed by atoms with E-state index in [4.69, 9.17) is 14.5 Å². The molecule has 0 bridgehead atoms. The molecule has 3 heterocycles. The number of methoxy groups -OCH3 is 1. The number of benzene rings is 2. The minimum absolute atomic E-state index is 0.254. The number of nitrogens with one attached hydrogen (secondary N) is 2. The van der Waals surface area contributed by atoms with Gasteiger partial charge in [-0.1, -0.05) is 0 Å². The van der Waals surface area contributed by atoms with Crippen molar-refractivity contribution in [2.45, 2.75) is 19.9 Å². The predicted molar refractivity (Wildman–Crippen MR) is 137 cm³/mol. The highest BCUT2D eigenvalue weighted by Crippen LogP contribution is 2.40. The molecular formula is C25H30FN5O2S. The maximum atomic E-state index is 14.9. The van der Waals surface area contributed by atoms with Gasteiger partial charge in [-0.15, -0.1) is 11.3 Å². The molecule has 0 atom stereocenters. The lowest BCUT2D eigenvalue weighted by atomic mass is 10.1. The number of nitrogens with zero attached hydrogens (tertiary/aromatic N) is 3. The van der Waals surface area contributed by atoms with Crippen LogP contribution >= 0.6 is 11.3 Å². The lowest BCUT2D eigenvalue weighted by molar-refractivity contribution is 0.287. The SMILES string of the molecule is COc1cc(Nc2nc(-c3cc(F)c4c(c3)N(C(C)C)CCO4)cs2)ccc1N1CCNCC1. The number of ether oxygens (including phenoxy) is 2. The summed E-state index contributed by atoms with van der Waals surface area (Å²) in [5.41, 5.74) is 4.24. The highest BCUT2D eigenvalue weighted by Gasteiger charge is 2.25. The molecule has 0 aliphatic carbocycles. The summed E-state index contributed by atoms with van der Waals surface area (Å²) in [5, 5.41) is 9.43. The van der Waals surface area contributed by atoms with Crippen molar-refractivity contribution in [3.05, 3.63) is 41.5 Å². The first-order chi connectivity index (χ1) is 16.5. The van der Waals surface area contributed by atoms with Crippen LogP contribution in [0.4, 0.5) is 26.6 Å². The smallest absolute Gasteiger partial charge is 0.187 e. The molecule has 2 aromatic carbocycles. The van der Waals surface area contributed by atoms with Crippen LogP contribution in [-0.4, -0.2) is 57.5 Å². The van der Waals surface area contributed by atoms with Crippen LogP contribution in [0.3, 0.4) is 0 Å². The van der Waals surface area contributed by atoms with Crippen molar-refractivity contribution < 1.29 is 13.9 Å². The molecule has 0 amide bonds. The number of thiazole rings is 1. The lowest BCUT2D eigenvalue weighted by Gasteiger charge is -2.34. The summed E-state index contributed by atoms with van der Waals surface area (Å²) in [6.07, 6.45) is 0. The average molecular weight is 484 g/mol. The summed E-state index contributed by atoms with van der Waals surface area (Å²) in [4.78, 5) is 9.22. The molecule has 3 aromatic rings. The fourth-order valence-electron chi connectivity index (χ4n) is 4.50. The Morgan fingerprint density at radius 3 is 2.74 bits per heavy atom. The zero-order valence-corrected chi connectivity index (χ0v) is 20.5. The van der Waals surface area contributed by atoms with Gasteiger partial charge in [0.2, 0.25) is 0 Å². The van der Waals surface area contributed by atoms with Gasteiger partial charge in [0.1, 0.15) is 12.4 Å². The summed E-state index contributed by atoms with van der Waals surface area (Å²) >= 11 is 1.49. The quantitative estimate of drug-likeness (QED) is 0.526. The largest absolute Gasteiger partial charge is 0.495 e. The standard InChI is InChI=1S/C25H30FN5O2S/c1-16(2)31-10-11-33-24-19(26)12-17(13-22(24)31)20-15-34-25(29-20)28-18-4-5-21(23(14-18)32-3)30-8-6-27-7-9-30/h4-5,12-16,27H,6-11H2,1-3H3,(H,28,29). The van der Waals surface area contributed by atoms with Crippen molar-refractivity contribution in [3.8, 4) is 22.8 Å². The number of piperazine rings is 1. The second-order valence-corrected chi connectivity index (χ2v) is 9.59. The maximum Gasteiger partial charge on any atom is 0.187 e. The Morgan fingerprint density at radius 1 is 1.15 bits per heavy atom. The van der Waals surface area contributed by atoms with Crippen molar-refractivity contribution in [2.75, 3.05) is 61.6 Å². The van der Waals surface area contributed by atoms with Crippen molar-refractivity contribution in [1.82, 2.24) is 10.3 Å². The Bertz CT molecular complexity index is 1160. The summed E-state index contributed by atoms with van der Waals surface area (Å²) in [6.45, 7) is 9.28. The molecule has 0 spiro atoms. The molecule has 180 valence electrons. The van der Waals surface area contributed by atoms with E-state index >= 15 is 0 Å². The fraction of sp³-hybridized carbons (Fsp3) is 0.400. The molecule has 1 saturated heterocycles. The number of aromatic nitrogens is 1. The Morgan fingerprint density at radius 2 is 1.97 bits per heavy atom. The van der Waals surface area contributed by atoms with Gasteiger partial charge in [-0.05, 0) is 38.1 Å². The van der Waals surface area contributed by atoms with Gasteiger partial charge in [0.05, 0.1) is 30.7 Å². The number of anilines is 4. The molecule has 0 saturated carbocycles. The monoisotopic (exact) mass is 483 g/mol. The van der Waals surface area contributed by atoms with Crippen LogP contribution in [0, 0.1) is 5.82 Å². The molecule has 1 fully saturated rings. The minimum atomic E-state index is -0.353. The van der Waals surface area contributed by atoms with E-state index in [1.54, 1.807) is 7.11 Å². The van der Waals surface area contributed by atoms with E-state index in [0.717, 1.165) is 71.9 Å². The molecule has 2 aliphatic heterocycles. The van der Waals surface area contributed by atoms with Gasteiger partial charge >= 0.3 is 0 Å². The van der Waals surface area contributed by atoms with Crippen LogP contribution < -0.4 is 29.9 Å². The molecule has 34 heavy (non-hydrogen) atoms. The van der Waals surface area contributed by atoms with E-state index in [1.807, 2.05) is 23.6 Å². The van der Waals surface area contributed by atoms with Gasteiger partial charge in [0.25, 0.3) is 0 Å². The molecule has 2 N–H and O–H groups in total. The highest BCUT2D eigenvalue weighted by atomic mass is 32.1. The van der Waals surface area contributed by atoms with Gasteiger partial charge in [0, 0.05) is 54.9 Å². The van der Waals surface area contributed by atoms with Crippen LogP contribution in [-0.2, 0) is 0 Å². The van der Waals surface area contributed by atoms with E-state index < -0.39 is 0 Å². The molecule has 9 heteroatoms. The Hall–Kier alpha value is -3.04. The number of hydrogen-bond donors (Lipinski definition) is 2. The van der Waals surface area contributed by atoms with Crippen molar-refractivity contribution in [1.29, 1.82) is 0 Å². The van der Waals surface area contributed by atoms with Gasteiger partial charge in [-0.3, -0.25) is 0 Å². The topological polar surface area (TPSA) is 61.9 Å². The van der Waals surface area contributed by atoms with Crippen molar-refractivity contribution in [3.63, 3.8) is 0 Å². The maximum absolute atomic E-state index is 14.9. The van der Waals surface area contributed by atoms with Gasteiger partial charge in [-0.25, -0.2) is 9.37 Å². The summed E-state index contributed by atoms with van der Waals surface area (Å²) < 4.78 is 26.2. The summed E-state index contributed by atoms with van der Waals surface area (Å²) in [6, 6.07) is 9.85. The molecule has 0 radical (unpaired) electrons. The Kier molecular flexibility index (Phi) is 6.47. The number of rotatable bonds is 6. The molecule has 7 nitrogen and oxygen atoms in total. The fourth-order valence-corrected chi connectivity index (χ4v) is 5.24. The zero-order chi connectivity index (χ0) is 23.7. The van der Waals surface area contributed by atoms with Gasteiger partial charge in [-0.2, -0.15) is 0 Å². The van der Waals surface area contributed by atoms with E-state index in [-0.39, 0.29) is 11.9 Å². The number of halogens is 1. The molecule has 0 unspecified atom stereocenters. The van der Waals surface area contributed by atoms with Crippen LogP contribution in [0.2, 0.25) is 0 Å².